The molecule has 0 spiro atoms. The molecule has 0 heterocycles. The van der Waals surface area contributed by atoms with E-state index in [4.69, 9.17) is 10.5 Å². The first-order chi connectivity index (χ1) is 14.2. The van der Waals surface area contributed by atoms with Crippen molar-refractivity contribution in [2.24, 2.45) is 11.7 Å². The van der Waals surface area contributed by atoms with E-state index in [1.807, 2.05) is 0 Å². The van der Waals surface area contributed by atoms with Crippen molar-refractivity contribution in [3.63, 3.8) is 0 Å². The van der Waals surface area contributed by atoms with E-state index in [9.17, 15) is 22.4 Å². The predicted octanol–water partition coefficient (Wildman–Crippen LogP) is 0.824. The smallest absolute Gasteiger partial charge is 0.251 e. The molecule has 1 atom stereocenters. The second-order valence-electron chi connectivity index (χ2n) is 6.55. The fourth-order valence-electron chi connectivity index (χ4n) is 2.64. The van der Waals surface area contributed by atoms with Crippen LogP contribution >= 0.6 is 0 Å². The number of methoxy groups -OCH3 is 1. The van der Waals surface area contributed by atoms with Crippen molar-refractivity contribution in [3.05, 3.63) is 65.5 Å². The van der Waals surface area contributed by atoms with Crippen molar-refractivity contribution >= 4 is 21.8 Å². The first-order valence-electron chi connectivity index (χ1n) is 9.13. The largest absolute Gasteiger partial charge is 0.383 e. The maximum absolute atomic E-state index is 13.0. The lowest BCUT2D eigenvalue weighted by atomic mass is 9.98. The maximum atomic E-state index is 13.0. The lowest BCUT2D eigenvalue weighted by Crippen LogP contribution is -2.37. The van der Waals surface area contributed by atoms with Crippen LogP contribution in [0.2, 0.25) is 0 Å². The number of benzene rings is 2. The third-order valence-electron chi connectivity index (χ3n) is 4.33. The molecule has 1 unspecified atom stereocenters. The number of hydrogen-bond donors (Lipinski definition) is 3. The second-order valence-corrected chi connectivity index (χ2v) is 8.32. The lowest BCUT2D eigenvalue weighted by Gasteiger charge is -2.15. The van der Waals surface area contributed by atoms with E-state index in [0.717, 1.165) is 0 Å². The standard InChI is InChI=1S/C20H24FN3O5S/c1-29-11-10-24-30(27,28)18-8-4-15(5-9-18)20(26)23-13-16(19(22)25)12-14-2-6-17(21)7-3-14/h2-9,16,24H,10-13H2,1H3,(H2,22,25)(H,23,26). The topological polar surface area (TPSA) is 128 Å². The molecule has 0 saturated carbocycles. The van der Waals surface area contributed by atoms with Crippen LogP contribution in [0, 0.1) is 11.7 Å². The summed E-state index contributed by atoms with van der Waals surface area (Å²) in [6, 6.07) is 11.0. The Morgan fingerprint density at radius 3 is 2.30 bits per heavy atom. The number of ether oxygens (including phenoxy) is 1. The molecule has 0 aliphatic carbocycles. The number of rotatable bonds is 11. The van der Waals surface area contributed by atoms with Gasteiger partial charge in [-0.3, -0.25) is 9.59 Å². The third kappa shape index (κ3) is 6.90. The Morgan fingerprint density at radius 2 is 1.73 bits per heavy atom. The molecule has 0 aliphatic rings. The van der Waals surface area contributed by atoms with Gasteiger partial charge >= 0.3 is 0 Å². The Hall–Kier alpha value is -2.82. The van der Waals surface area contributed by atoms with Gasteiger partial charge in [0.25, 0.3) is 5.91 Å². The maximum Gasteiger partial charge on any atom is 0.251 e. The summed E-state index contributed by atoms with van der Waals surface area (Å²) in [4.78, 5) is 24.1. The van der Waals surface area contributed by atoms with Crippen LogP contribution in [0.1, 0.15) is 15.9 Å². The molecule has 8 nitrogen and oxygen atoms in total. The molecule has 2 rings (SSSR count). The monoisotopic (exact) mass is 437 g/mol. The van der Waals surface area contributed by atoms with Gasteiger partial charge in [-0.05, 0) is 48.4 Å². The molecule has 0 bridgehead atoms. The molecule has 0 aromatic heterocycles. The fraction of sp³-hybridized carbons (Fsp3) is 0.300. The van der Waals surface area contributed by atoms with Crippen molar-refractivity contribution in [1.29, 1.82) is 0 Å². The SMILES string of the molecule is COCCNS(=O)(=O)c1ccc(C(=O)NCC(Cc2ccc(F)cc2)C(N)=O)cc1. The Morgan fingerprint density at radius 1 is 1.10 bits per heavy atom. The van der Waals surface area contributed by atoms with Crippen LogP contribution in [0.25, 0.3) is 0 Å². The van der Waals surface area contributed by atoms with Crippen LogP contribution in [0.3, 0.4) is 0 Å². The summed E-state index contributed by atoms with van der Waals surface area (Å²) in [5.41, 5.74) is 6.36. The molecule has 2 aromatic carbocycles. The van der Waals surface area contributed by atoms with Crippen LogP contribution in [0.5, 0.6) is 0 Å². The van der Waals surface area contributed by atoms with Gasteiger partial charge < -0.3 is 15.8 Å². The average Bonchev–Trinajstić information content (AvgIpc) is 2.72. The number of primary amides is 1. The number of halogens is 1. The van der Waals surface area contributed by atoms with Crippen molar-refractivity contribution < 1.29 is 27.1 Å². The van der Waals surface area contributed by atoms with Gasteiger partial charge in [0, 0.05) is 25.8 Å². The molecule has 10 heteroatoms. The minimum atomic E-state index is -3.70. The zero-order valence-electron chi connectivity index (χ0n) is 16.4. The molecule has 30 heavy (non-hydrogen) atoms. The molecular weight excluding hydrogens is 413 g/mol. The highest BCUT2D eigenvalue weighted by molar-refractivity contribution is 7.89. The van der Waals surface area contributed by atoms with Gasteiger partial charge in [0.2, 0.25) is 15.9 Å². The van der Waals surface area contributed by atoms with Crippen LogP contribution in [0.15, 0.2) is 53.4 Å². The van der Waals surface area contributed by atoms with Gasteiger partial charge in [0.1, 0.15) is 5.82 Å². The van der Waals surface area contributed by atoms with Crippen LogP contribution < -0.4 is 15.8 Å². The summed E-state index contributed by atoms with van der Waals surface area (Å²) in [6.45, 7) is 0.354. The highest BCUT2D eigenvalue weighted by Gasteiger charge is 2.19. The third-order valence-corrected chi connectivity index (χ3v) is 5.81. The van der Waals surface area contributed by atoms with E-state index in [0.29, 0.717) is 5.56 Å². The molecule has 0 aliphatic heterocycles. The van der Waals surface area contributed by atoms with Crippen LogP contribution in [-0.2, 0) is 26.0 Å². The van der Waals surface area contributed by atoms with Gasteiger partial charge in [-0.1, -0.05) is 12.1 Å². The minimum Gasteiger partial charge on any atom is -0.383 e. The zero-order valence-corrected chi connectivity index (χ0v) is 17.2. The summed E-state index contributed by atoms with van der Waals surface area (Å²) >= 11 is 0. The number of carbonyl (C=O) groups is 2. The Labute approximate surface area is 174 Å². The van der Waals surface area contributed by atoms with Crippen LogP contribution in [0.4, 0.5) is 4.39 Å². The van der Waals surface area contributed by atoms with Gasteiger partial charge in [0.05, 0.1) is 17.4 Å². The van der Waals surface area contributed by atoms with Crippen molar-refractivity contribution in [2.75, 3.05) is 26.8 Å². The predicted molar refractivity (Wildman–Crippen MR) is 109 cm³/mol. The molecule has 4 N–H and O–H groups in total. The summed E-state index contributed by atoms with van der Waals surface area (Å²) in [7, 11) is -2.24. The highest BCUT2D eigenvalue weighted by Crippen LogP contribution is 2.12. The van der Waals surface area contributed by atoms with Gasteiger partial charge in [-0.25, -0.2) is 17.5 Å². The Kier molecular flexibility index (Phi) is 8.46. The average molecular weight is 437 g/mol. The lowest BCUT2D eigenvalue weighted by molar-refractivity contribution is -0.121. The molecule has 2 aromatic rings. The molecule has 0 radical (unpaired) electrons. The normalized spacial score (nSPS) is 12.3. The molecule has 162 valence electrons. The van der Waals surface area contributed by atoms with E-state index in [-0.39, 0.29) is 42.4 Å². The number of carbonyl (C=O) groups excluding carboxylic acids is 2. The first-order valence-corrected chi connectivity index (χ1v) is 10.6. The fourth-order valence-corrected chi connectivity index (χ4v) is 3.66. The molecule has 2 amide bonds. The Balaban J connectivity index is 1.97. The van der Waals surface area contributed by atoms with Crippen LogP contribution in [-0.4, -0.2) is 47.0 Å². The summed E-state index contributed by atoms with van der Waals surface area (Å²) in [5.74, 6) is -2.13. The van der Waals surface area contributed by atoms with E-state index < -0.39 is 27.8 Å². The zero-order chi connectivity index (χ0) is 22.1. The minimum absolute atomic E-state index is 0.00976. The van der Waals surface area contributed by atoms with E-state index >= 15 is 0 Å². The van der Waals surface area contributed by atoms with Crippen molar-refractivity contribution in [1.82, 2.24) is 10.0 Å². The number of sulfonamides is 1. The van der Waals surface area contributed by atoms with Crippen molar-refractivity contribution in [3.8, 4) is 0 Å². The van der Waals surface area contributed by atoms with E-state index in [1.165, 1.54) is 43.5 Å². The number of nitrogens with two attached hydrogens (primary N) is 1. The van der Waals surface area contributed by atoms with Gasteiger partial charge in [-0.2, -0.15) is 0 Å². The summed E-state index contributed by atoms with van der Waals surface area (Å²) in [5, 5.41) is 2.62. The summed E-state index contributed by atoms with van der Waals surface area (Å²) in [6.07, 6.45) is 0.250. The second kappa shape index (κ2) is 10.8. The molecular formula is C20H24FN3O5S. The van der Waals surface area contributed by atoms with E-state index in [1.54, 1.807) is 12.1 Å². The first kappa shape index (κ1) is 23.5. The van der Waals surface area contributed by atoms with E-state index in [2.05, 4.69) is 10.0 Å². The molecule has 0 fully saturated rings. The summed E-state index contributed by atoms with van der Waals surface area (Å²) < 4.78 is 44.4. The quantitative estimate of drug-likeness (QED) is 0.449. The Bertz CT molecular complexity index is 963. The van der Waals surface area contributed by atoms with Gasteiger partial charge in [-0.15, -0.1) is 0 Å². The highest BCUT2D eigenvalue weighted by atomic mass is 32.2. The molecule has 0 saturated heterocycles. The number of nitrogens with one attached hydrogen (secondary N) is 2. The number of amides is 2. The van der Waals surface area contributed by atoms with Crippen molar-refractivity contribution in [2.45, 2.75) is 11.3 Å². The number of hydrogen-bond acceptors (Lipinski definition) is 5. The van der Waals surface area contributed by atoms with Gasteiger partial charge in [0.15, 0.2) is 0 Å².